The average molecular weight is 426 g/mol. The Balaban J connectivity index is 1.92. The molecule has 0 bridgehead atoms. The summed E-state index contributed by atoms with van der Waals surface area (Å²) in [7, 11) is 3.19. The third-order valence-electron chi connectivity index (χ3n) is 5.97. The molecule has 0 unspecified atom stereocenters. The molecule has 0 fully saturated rings. The number of halogens is 1. The van der Waals surface area contributed by atoms with Crippen LogP contribution in [0, 0.1) is 6.92 Å². The van der Waals surface area contributed by atoms with E-state index in [1.807, 2.05) is 37.3 Å². The van der Waals surface area contributed by atoms with E-state index in [1.54, 1.807) is 25.2 Å². The maximum Gasteiger partial charge on any atom is 0.232 e. The number of Topliss-reactive ketones (excluding diaryl/α,β-unsaturated/α-hetero) is 1. The van der Waals surface area contributed by atoms with Crippen molar-refractivity contribution in [1.82, 2.24) is 0 Å². The van der Waals surface area contributed by atoms with Crippen LogP contribution >= 0.6 is 11.6 Å². The smallest absolute Gasteiger partial charge is 0.232 e. The van der Waals surface area contributed by atoms with E-state index in [0.29, 0.717) is 34.9 Å². The molecule has 1 amide bonds. The Morgan fingerprint density at radius 3 is 2.60 bits per heavy atom. The fraction of sp³-hybridized carbons (Fsp3) is 0.333. The predicted octanol–water partition coefficient (Wildman–Crippen LogP) is 5.19. The van der Waals surface area contributed by atoms with E-state index in [4.69, 9.17) is 21.1 Å². The molecule has 2 aliphatic rings. The summed E-state index contributed by atoms with van der Waals surface area (Å²) in [5, 5.41) is 0.598. The number of rotatable bonds is 4. The van der Waals surface area contributed by atoms with Crippen LogP contribution in [0.1, 0.15) is 42.7 Å². The zero-order chi connectivity index (χ0) is 21.4. The first-order chi connectivity index (χ1) is 14.5. The third kappa shape index (κ3) is 3.37. The number of carbonyl (C=O) groups is 2. The van der Waals surface area contributed by atoms with E-state index < -0.39 is 0 Å². The zero-order valence-electron chi connectivity index (χ0n) is 17.3. The summed E-state index contributed by atoms with van der Waals surface area (Å²) in [4.78, 5) is 28.2. The minimum atomic E-state index is -0.360. The fourth-order valence-electron chi connectivity index (χ4n) is 4.49. The molecule has 4 rings (SSSR count). The van der Waals surface area contributed by atoms with Gasteiger partial charge in [-0.15, -0.1) is 0 Å². The van der Waals surface area contributed by atoms with Crippen molar-refractivity contribution < 1.29 is 19.1 Å². The molecule has 2 aromatic carbocycles. The second-order valence-electron chi connectivity index (χ2n) is 7.61. The number of hydrogen-bond acceptors (Lipinski definition) is 4. The standard InChI is InChI=1S/C24H24ClNO4/c1-14-18(25)6-4-7-19(14)26-20-8-5-9-21(27)24(20)17(13-23(26)28)16-12-15(29-2)10-11-22(16)30-3/h4,6-7,10-12,17H,5,8-9,13H2,1-3H3/t17-/m1/s1. The van der Waals surface area contributed by atoms with Gasteiger partial charge in [0.15, 0.2) is 5.78 Å². The van der Waals surface area contributed by atoms with Gasteiger partial charge in [-0.05, 0) is 55.7 Å². The van der Waals surface area contributed by atoms with Crippen molar-refractivity contribution in [3.8, 4) is 11.5 Å². The minimum Gasteiger partial charge on any atom is -0.497 e. The summed E-state index contributed by atoms with van der Waals surface area (Å²) < 4.78 is 11.0. The second-order valence-corrected chi connectivity index (χ2v) is 8.02. The lowest BCUT2D eigenvalue weighted by Gasteiger charge is -2.39. The van der Waals surface area contributed by atoms with E-state index >= 15 is 0 Å². The Morgan fingerprint density at radius 1 is 1.07 bits per heavy atom. The van der Waals surface area contributed by atoms with Crippen LogP contribution in [-0.2, 0) is 9.59 Å². The minimum absolute atomic E-state index is 0.0521. The molecule has 5 nitrogen and oxygen atoms in total. The zero-order valence-corrected chi connectivity index (χ0v) is 18.1. The van der Waals surface area contributed by atoms with Crippen molar-refractivity contribution in [2.75, 3.05) is 19.1 Å². The number of carbonyl (C=O) groups excluding carboxylic acids is 2. The van der Waals surface area contributed by atoms with Crippen LogP contribution in [0.4, 0.5) is 5.69 Å². The lowest BCUT2D eigenvalue weighted by atomic mass is 9.76. The molecule has 0 spiro atoms. The van der Waals surface area contributed by atoms with Crippen molar-refractivity contribution in [3.05, 3.63) is 63.8 Å². The quantitative estimate of drug-likeness (QED) is 0.676. The Labute approximate surface area is 181 Å². The van der Waals surface area contributed by atoms with Crippen LogP contribution in [0.5, 0.6) is 11.5 Å². The largest absolute Gasteiger partial charge is 0.497 e. The molecule has 2 aromatic rings. The normalized spacial score (nSPS) is 19.1. The molecular formula is C24H24ClNO4. The highest BCUT2D eigenvalue weighted by Gasteiger charge is 2.41. The summed E-state index contributed by atoms with van der Waals surface area (Å²) in [5.41, 5.74) is 3.85. The summed E-state index contributed by atoms with van der Waals surface area (Å²) in [5.74, 6) is 0.982. The highest BCUT2D eigenvalue weighted by molar-refractivity contribution is 6.31. The molecule has 1 aliphatic heterocycles. The van der Waals surface area contributed by atoms with Gasteiger partial charge in [-0.25, -0.2) is 0 Å². The Bertz CT molecular complexity index is 1060. The predicted molar refractivity (Wildman–Crippen MR) is 116 cm³/mol. The monoisotopic (exact) mass is 425 g/mol. The van der Waals surface area contributed by atoms with E-state index in [0.717, 1.165) is 28.9 Å². The summed E-state index contributed by atoms with van der Waals surface area (Å²) >= 11 is 6.33. The van der Waals surface area contributed by atoms with Gasteiger partial charge >= 0.3 is 0 Å². The molecule has 0 radical (unpaired) electrons. The van der Waals surface area contributed by atoms with Crippen molar-refractivity contribution in [2.24, 2.45) is 0 Å². The molecule has 30 heavy (non-hydrogen) atoms. The lowest BCUT2D eigenvalue weighted by molar-refractivity contribution is -0.119. The number of amides is 1. The third-order valence-corrected chi connectivity index (χ3v) is 6.38. The van der Waals surface area contributed by atoms with E-state index in [2.05, 4.69) is 0 Å². The number of hydrogen-bond donors (Lipinski definition) is 0. The fourth-order valence-corrected chi connectivity index (χ4v) is 4.66. The SMILES string of the molecule is COc1ccc(OC)c([C@H]2CC(=O)N(c3cccc(Cl)c3C)C3=C2C(=O)CCC3)c1. The number of allylic oxidation sites excluding steroid dienone is 2. The van der Waals surface area contributed by atoms with Gasteiger partial charge in [-0.2, -0.15) is 0 Å². The number of anilines is 1. The van der Waals surface area contributed by atoms with Gasteiger partial charge in [0.05, 0.1) is 19.9 Å². The first-order valence-electron chi connectivity index (χ1n) is 10.0. The summed E-state index contributed by atoms with van der Waals surface area (Å²) in [6.07, 6.45) is 2.06. The van der Waals surface area contributed by atoms with E-state index in [-0.39, 0.29) is 24.0 Å². The lowest BCUT2D eigenvalue weighted by Crippen LogP contribution is -2.41. The summed E-state index contributed by atoms with van der Waals surface area (Å²) in [6.45, 7) is 1.90. The summed E-state index contributed by atoms with van der Waals surface area (Å²) in [6, 6.07) is 11.0. The molecule has 1 heterocycles. The molecule has 1 atom stereocenters. The molecule has 0 saturated heterocycles. The second kappa shape index (κ2) is 8.15. The maximum atomic E-state index is 13.4. The molecule has 1 aliphatic carbocycles. The maximum absolute atomic E-state index is 13.4. The van der Waals surface area contributed by atoms with Crippen molar-refractivity contribution in [3.63, 3.8) is 0 Å². The number of ether oxygens (including phenoxy) is 2. The average Bonchev–Trinajstić information content (AvgIpc) is 2.75. The molecule has 0 N–H and O–H groups in total. The Hall–Kier alpha value is -2.79. The van der Waals surface area contributed by atoms with E-state index in [9.17, 15) is 9.59 Å². The molecule has 0 aromatic heterocycles. The number of ketones is 1. The topological polar surface area (TPSA) is 55.8 Å². The van der Waals surface area contributed by atoms with Crippen LogP contribution in [0.15, 0.2) is 47.7 Å². The van der Waals surface area contributed by atoms with Crippen molar-refractivity contribution in [1.29, 1.82) is 0 Å². The number of benzene rings is 2. The Kier molecular flexibility index (Phi) is 5.56. The Morgan fingerprint density at radius 2 is 1.87 bits per heavy atom. The van der Waals surface area contributed by atoms with Crippen LogP contribution in [-0.4, -0.2) is 25.9 Å². The van der Waals surface area contributed by atoms with Crippen LogP contribution in [0.25, 0.3) is 0 Å². The van der Waals surface area contributed by atoms with E-state index in [1.165, 1.54) is 0 Å². The number of methoxy groups -OCH3 is 2. The molecular weight excluding hydrogens is 402 g/mol. The molecule has 156 valence electrons. The highest BCUT2D eigenvalue weighted by atomic mass is 35.5. The van der Waals surface area contributed by atoms with Gasteiger partial charge in [-0.3, -0.25) is 14.5 Å². The van der Waals surface area contributed by atoms with Gasteiger partial charge in [0.1, 0.15) is 11.5 Å². The van der Waals surface area contributed by atoms with Crippen LogP contribution < -0.4 is 14.4 Å². The first-order valence-corrected chi connectivity index (χ1v) is 10.4. The van der Waals surface area contributed by atoms with Crippen LogP contribution in [0.3, 0.4) is 0 Å². The van der Waals surface area contributed by atoms with Gasteiger partial charge in [0.2, 0.25) is 5.91 Å². The first kappa shape index (κ1) is 20.5. The van der Waals surface area contributed by atoms with Gasteiger partial charge < -0.3 is 9.47 Å². The van der Waals surface area contributed by atoms with Gasteiger partial charge in [0, 0.05) is 40.6 Å². The van der Waals surface area contributed by atoms with Crippen molar-refractivity contribution >= 4 is 29.0 Å². The van der Waals surface area contributed by atoms with Gasteiger partial charge in [-0.1, -0.05) is 17.7 Å². The van der Waals surface area contributed by atoms with Crippen LogP contribution in [0.2, 0.25) is 5.02 Å². The highest BCUT2D eigenvalue weighted by Crippen LogP contribution is 2.47. The van der Waals surface area contributed by atoms with Crippen molar-refractivity contribution in [2.45, 2.75) is 38.5 Å². The molecule has 6 heteroatoms. The van der Waals surface area contributed by atoms with Gasteiger partial charge in [0.25, 0.3) is 0 Å². The molecule has 0 saturated carbocycles. The number of nitrogens with zero attached hydrogens (tertiary/aromatic N) is 1.